The van der Waals surface area contributed by atoms with Crippen LogP contribution >= 0.6 is 0 Å². The van der Waals surface area contributed by atoms with Crippen LogP contribution in [0.15, 0.2) is 42.5 Å². The zero-order valence-electron chi connectivity index (χ0n) is 15.3. The van der Waals surface area contributed by atoms with E-state index >= 15 is 0 Å². The fourth-order valence-corrected chi connectivity index (χ4v) is 2.02. The van der Waals surface area contributed by atoms with Crippen LogP contribution in [0.25, 0.3) is 16.8 Å². The van der Waals surface area contributed by atoms with Gasteiger partial charge in [0.1, 0.15) is 11.4 Å². The van der Waals surface area contributed by atoms with E-state index in [2.05, 4.69) is 0 Å². The maximum atomic E-state index is 11.9. The van der Waals surface area contributed by atoms with Crippen LogP contribution in [0.1, 0.15) is 30.4 Å². The number of hydrogen-bond donors (Lipinski definition) is 0. The fraction of sp³-hybridized carbons (Fsp3) is 0.278. The molecule has 0 atom stereocenters. The van der Waals surface area contributed by atoms with Gasteiger partial charge in [-0.3, -0.25) is 0 Å². The third-order valence-electron chi connectivity index (χ3n) is 2.83. The van der Waals surface area contributed by atoms with E-state index in [1.165, 1.54) is 12.2 Å². The standard InChI is InChI=1S/C18H20O3/c1-18(2,3)21-17(19)12-10-15-14-8-6-5-7-13(14)9-11-16(15)20-4/h5-12H,1-4H3/b12-10+/i4D3. The molecular weight excluding hydrogens is 264 g/mol. The number of esters is 1. The Hall–Kier alpha value is -2.29. The summed E-state index contributed by atoms with van der Waals surface area (Å²) in [5, 5.41) is 1.71. The van der Waals surface area contributed by atoms with Crippen molar-refractivity contribution in [3.63, 3.8) is 0 Å². The first-order chi connectivity index (χ1) is 11.1. The highest BCUT2D eigenvalue weighted by Gasteiger charge is 2.14. The summed E-state index contributed by atoms with van der Waals surface area (Å²) in [6, 6.07) is 10.8. The summed E-state index contributed by atoms with van der Waals surface area (Å²) in [4.78, 5) is 11.9. The minimum absolute atomic E-state index is 0.188. The molecule has 0 aromatic heterocycles. The number of hydrogen-bond acceptors (Lipinski definition) is 3. The van der Waals surface area contributed by atoms with Crippen molar-refractivity contribution in [3.8, 4) is 5.75 Å². The zero-order chi connectivity index (χ0) is 18.0. The summed E-state index contributed by atoms with van der Waals surface area (Å²) in [5.41, 5.74) is -0.0758. The molecule has 2 rings (SSSR count). The lowest BCUT2D eigenvalue weighted by Gasteiger charge is -2.18. The maximum absolute atomic E-state index is 11.9. The van der Waals surface area contributed by atoms with Gasteiger partial charge in [0.2, 0.25) is 0 Å². The van der Waals surface area contributed by atoms with Crippen molar-refractivity contribution in [2.45, 2.75) is 26.4 Å². The molecule has 0 aliphatic rings. The van der Waals surface area contributed by atoms with Gasteiger partial charge in [0.25, 0.3) is 0 Å². The molecular formula is C18H20O3. The molecule has 0 N–H and O–H groups in total. The topological polar surface area (TPSA) is 35.5 Å². The van der Waals surface area contributed by atoms with Crippen LogP contribution in [0, 0.1) is 0 Å². The van der Waals surface area contributed by atoms with Crippen LogP contribution in [0.4, 0.5) is 0 Å². The van der Waals surface area contributed by atoms with E-state index in [4.69, 9.17) is 13.6 Å². The molecule has 0 unspecified atom stereocenters. The summed E-state index contributed by atoms with van der Waals surface area (Å²) < 4.78 is 32.2. The van der Waals surface area contributed by atoms with E-state index in [0.717, 1.165) is 10.8 Å². The quantitative estimate of drug-likeness (QED) is 0.627. The Morgan fingerprint density at radius 2 is 1.95 bits per heavy atom. The number of carbonyl (C=O) groups is 1. The Labute approximate surface area is 129 Å². The van der Waals surface area contributed by atoms with Crippen molar-refractivity contribution in [3.05, 3.63) is 48.0 Å². The van der Waals surface area contributed by atoms with Crippen molar-refractivity contribution in [2.75, 3.05) is 7.04 Å². The highest BCUT2D eigenvalue weighted by atomic mass is 16.6. The average molecular weight is 287 g/mol. The lowest BCUT2D eigenvalue weighted by atomic mass is 10.0. The second-order valence-corrected chi connectivity index (χ2v) is 5.67. The van der Waals surface area contributed by atoms with Crippen LogP contribution in [0.3, 0.4) is 0 Å². The highest BCUT2D eigenvalue weighted by molar-refractivity contribution is 5.96. The Morgan fingerprint density at radius 1 is 1.19 bits per heavy atom. The first-order valence-electron chi connectivity index (χ1n) is 8.17. The number of fused-ring (bicyclic) bond motifs is 1. The lowest BCUT2D eigenvalue weighted by molar-refractivity contribution is -0.148. The molecule has 0 fully saturated rings. The highest BCUT2D eigenvalue weighted by Crippen LogP contribution is 2.29. The number of benzene rings is 2. The summed E-state index contributed by atoms with van der Waals surface area (Å²) >= 11 is 0. The Balaban J connectivity index is 2.45. The van der Waals surface area contributed by atoms with Gasteiger partial charge in [0.05, 0.1) is 11.2 Å². The zero-order valence-corrected chi connectivity index (χ0v) is 12.3. The first kappa shape index (κ1) is 11.4. The number of methoxy groups -OCH3 is 1. The number of carbonyl (C=O) groups excluding carboxylic acids is 1. The van der Waals surface area contributed by atoms with Crippen LogP contribution in [0.2, 0.25) is 0 Å². The van der Waals surface area contributed by atoms with Gasteiger partial charge < -0.3 is 9.47 Å². The van der Waals surface area contributed by atoms with E-state index in [1.807, 2.05) is 24.3 Å². The molecule has 0 bridgehead atoms. The van der Waals surface area contributed by atoms with Crippen molar-refractivity contribution in [2.24, 2.45) is 0 Å². The predicted molar refractivity (Wildman–Crippen MR) is 85.4 cm³/mol. The average Bonchev–Trinajstić information content (AvgIpc) is 2.42. The molecule has 21 heavy (non-hydrogen) atoms. The lowest BCUT2D eigenvalue weighted by Crippen LogP contribution is -2.22. The molecule has 0 spiro atoms. The van der Waals surface area contributed by atoms with Gasteiger partial charge in [-0.15, -0.1) is 0 Å². The third-order valence-corrected chi connectivity index (χ3v) is 2.83. The van der Waals surface area contributed by atoms with Crippen molar-refractivity contribution in [1.29, 1.82) is 0 Å². The summed E-state index contributed by atoms with van der Waals surface area (Å²) in [5.74, 6) is -0.316. The van der Waals surface area contributed by atoms with E-state index in [9.17, 15) is 4.79 Å². The molecule has 0 heterocycles. The molecule has 110 valence electrons. The minimum Gasteiger partial charge on any atom is -0.496 e. The van der Waals surface area contributed by atoms with Gasteiger partial charge in [0.15, 0.2) is 0 Å². The van der Waals surface area contributed by atoms with Gasteiger partial charge in [-0.05, 0) is 43.7 Å². The SMILES string of the molecule is [2H]C([2H])([2H])Oc1ccc2ccccc2c1/C=C/C(=O)OC(C)(C)C. The van der Waals surface area contributed by atoms with E-state index in [0.29, 0.717) is 5.56 Å². The van der Waals surface area contributed by atoms with Crippen molar-refractivity contribution < 1.29 is 18.4 Å². The monoisotopic (exact) mass is 287 g/mol. The maximum Gasteiger partial charge on any atom is 0.331 e. The second-order valence-electron chi connectivity index (χ2n) is 5.67. The van der Waals surface area contributed by atoms with Gasteiger partial charge in [-0.1, -0.05) is 30.3 Å². The molecule has 0 radical (unpaired) electrons. The van der Waals surface area contributed by atoms with Crippen LogP contribution < -0.4 is 4.74 Å². The molecule has 3 heteroatoms. The van der Waals surface area contributed by atoms with Gasteiger partial charge >= 0.3 is 5.97 Å². The van der Waals surface area contributed by atoms with Crippen molar-refractivity contribution in [1.82, 2.24) is 0 Å². The van der Waals surface area contributed by atoms with Gasteiger partial charge in [-0.25, -0.2) is 4.79 Å². The molecule has 0 amide bonds. The normalized spacial score (nSPS) is 14.5. The number of ether oxygens (including phenoxy) is 2. The van der Waals surface area contributed by atoms with Crippen molar-refractivity contribution >= 4 is 22.8 Å². The van der Waals surface area contributed by atoms with Crippen LogP contribution in [-0.4, -0.2) is 18.6 Å². The minimum atomic E-state index is -2.57. The smallest absolute Gasteiger partial charge is 0.331 e. The largest absolute Gasteiger partial charge is 0.496 e. The molecule has 0 aliphatic carbocycles. The summed E-state index contributed by atoms with van der Waals surface area (Å²) in [6.45, 7) is 5.33. The predicted octanol–water partition coefficient (Wildman–Crippen LogP) is 4.20. The summed E-state index contributed by atoms with van der Waals surface area (Å²) in [7, 11) is -2.57. The van der Waals surface area contributed by atoms with E-state index in [-0.39, 0.29) is 5.75 Å². The van der Waals surface area contributed by atoms with Crippen LogP contribution in [0.5, 0.6) is 5.75 Å². The fourth-order valence-electron chi connectivity index (χ4n) is 2.02. The Bertz CT molecular complexity index is 771. The third kappa shape index (κ3) is 3.85. The second kappa shape index (κ2) is 6.00. The molecule has 2 aromatic rings. The molecule has 3 nitrogen and oxygen atoms in total. The number of rotatable bonds is 3. The Kier molecular flexibility index (Phi) is 3.25. The van der Waals surface area contributed by atoms with Gasteiger partial charge in [-0.2, -0.15) is 0 Å². The van der Waals surface area contributed by atoms with Crippen LogP contribution in [-0.2, 0) is 9.53 Å². The molecule has 0 aliphatic heterocycles. The van der Waals surface area contributed by atoms with Gasteiger partial charge in [0, 0.05) is 11.6 Å². The Morgan fingerprint density at radius 3 is 2.67 bits per heavy atom. The van der Waals surface area contributed by atoms with E-state index in [1.54, 1.807) is 32.9 Å². The summed E-state index contributed by atoms with van der Waals surface area (Å²) in [6.07, 6.45) is 2.80. The van der Waals surface area contributed by atoms with E-state index < -0.39 is 18.6 Å². The first-order valence-corrected chi connectivity index (χ1v) is 6.67. The molecule has 0 saturated heterocycles. The molecule has 2 aromatic carbocycles. The molecule has 0 saturated carbocycles.